The third kappa shape index (κ3) is 1.86. The highest BCUT2D eigenvalue weighted by atomic mass is 16.1. The fraction of sp³-hybridized carbons (Fsp3) is 0. The van der Waals surface area contributed by atoms with Crippen LogP contribution in [0.5, 0.6) is 0 Å². The number of fused-ring (bicyclic) bond motifs is 1. The number of hydrogen-bond acceptors (Lipinski definition) is 1. The molecule has 18 heavy (non-hydrogen) atoms. The van der Waals surface area contributed by atoms with E-state index in [1.165, 1.54) is 0 Å². The van der Waals surface area contributed by atoms with Crippen molar-refractivity contribution in [2.45, 2.75) is 0 Å². The highest BCUT2D eigenvalue weighted by molar-refractivity contribution is 6.08. The van der Waals surface area contributed by atoms with Crippen molar-refractivity contribution < 1.29 is 4.79 Å². The lowest BCUT2D eigenvalue weighted by molar-refractivity contribution is 0.102. The van der Waals surface area contributed by atoms with Gasteiger partial charge in [-0.25, -0.2) is 0 Å². The number of aromatic amines is 1. The van der Waals surface area contributed by atoms with E-state index in [1.807, 2.05) is 48.7 Å². The van der Waals surface area contributed by atoms with Crippen LogP contribution in [0.3, 0.4) is 0 Å². The Bertz CT molecular complexity index is 686. The maximum Gasteiger partial charge on any atom is 0.255 e. The Kier molecular flexibility index (Phi) is 2.57. The van der Waals surface area contributed by atoms with Crippen LogP contribution >= 0.6 is 0 Å². The van der Waals surface area contributed by atoms with Crippen LogP contribution in [0.4, 0.5) is 5.69 Å². The smallest absolute Gasteiger partial charge is 0.255 e. The third-order valence-electron chi connectivity index (χ3n) is 2.88. The van der Waals surface area contributed by atoms with Gasteiger partial charge in [0.25, 0.3) is 5.91 Å². The molecule has 3 rings (SSSR count). The van der Waals surface area contributed by atoms with Crippen LogP contribution in [0.15, 0.2) is 60.8 Å². The summed E-state index contributed by atoms with van der Waals surface area (Å²) in [5, 5.41) is 3.94. The molecule has 1 amide bonds. The van der Waals surface area contributed by atoms with E-state index < -0.39 is 0 Å². The van der Waals surface area contributed by atoms with Crippen LogP contribution in [-0.4, -0.2) is 10.9 Å². The first-order chi connectivity index (χ1) is 8.84. The van der Waals surface area contributed by atoms with Gasteiger partial charge in [-0.15, -0.1) is 0 Å². The fourth-order valence-electron chi connectivity index (χ4n) is 1.98. The van der Waals surface area contributed by atoms with Gasteiger partial charge in [-0.1, -0.05) is 24.3 Å². The summed E-state index contributed by atoms with van der Waals surface area (Å²) in [6.07, 6.45) is 1.86. The zero-order chi connectivity index (χ0) is 12.4. The number of nitrogens with one attached hydrogen (secondary N) is 2. The first-order valence-corrected chi connectivity index (χ1v) is 5.77. The van der Waals surface area contributed by atoms with Gasteiger partial charge in [0.2, 0.25) is 0 Å². The molecule has 2 N–H and O–H groups in total. The summed E-state index contributed by atoms with van der Waals surface area (Å²) in [5.74, 6) is -0.0932. The average molecular weight is 236 g/mol. The normalized spacial score (nSPS) is 10.4. The van der Waals surface area contributed by atoms with E-state index in [9.17, 15) is 4.79 Å². The summed E-state index contributed by atoms with van der Waals surface area (Å²) in [4.78, 5) is 15.2. The number of amides is 1. The van der Waals surface area contributed by atoms with Gasteiger partial charge in [0, 0.05) is 22.7 Å². The largest absolute Gasteiger partial charge is 0.361 e. The second-order valence-electron chi connectivity index (χ2n) is 4.06. The van der Waals surface area contributed by atoms with Crippen molar-refractivity contribution in [1.29, 1.82) is 0 Å². The predicted molar refractivity (Wildman–Crippen MR) is 72.7 cm³/mol. The Morgan fingerprint density at radius 3 is 2.61 bits per heavy atom. The minimum atomic E-state index is -0.0932. The SMILES string of the molecule is O=C(Nc1cccc2[nH]ccc12)c1ccccc1. The van der Waals surface area contributed by atoms with Gasteiger partial charge in [0.1, 0.15) is 0 Å². The fourth-order valence-corrected chi connectivity index (χ4v) is 1.98. The maximum atomic E-state index is 12.1. The zero-order valence-corrected chi connectivity index (χ0v) is 9.68. The highest BCUT2D eigenvalue weighted by Gasteiger charge is 2.07. The van der Waals surface area contributed by atoms with Crippen LogP contribution in [0.1, 0.15) is 10.4 Å². The van der Waals surface area contributed by atoms with Gasteiger partial charge in [0.15, 0.2) is 0 Å². The standard InChI is InChI=1S/C15H12N2O/c18-15(11-5-2-1-3-6-11)17-14-8-4-7-13-12(14)9-10-16-13/h1-10,16H,(H,17,18). The third-order valence-corrected chi connectivity index (χ3v) is 2.88. The number of carbonyl (C=O) groups excluding carboxylic acids is 1. The number of H-pyrrole nitrogens is 1. The topological polar surface area (TPSA) is 44.9 Å². The Balaban J connectivity index is 1.93. The molecule has 0 radical (unpaired) electrons. The number of carbonyl (C=O) groups is 1. The van der Waals surface area contributed by atoms with Gasteiger partial charge < -0.3 is 10.3 Å². The molecule has 1 heterocycles. The number of anilines is 1. The molecular weight excluding hydrogens is 224 g/mol. The Hall–Kier alpha value is -2.55. The second kappa shape index (κ2) is 4.37. The average Bonchev–Trinajstić information content (AvgIpc) is 2.89. The van der Waals surface area contributed by atoms with Gasteiger partial charge in [-0.3, -0.25) is 4.79 Å². The first kappa shape index (κ1) is 10.6. The van der Waals surface area contributed by atoms with E-state index in [0.717, 1.165) is 16.6 Å². The van der Waals surface area contributed by atoms with E-state index >= 15 is 0 Å². The summed E-state index contributed by atoms with van der Waals surface area (Å²) in [6, 6.07) is 16.9. The van der Waals surface area contributed by atoms with Crippen molar-refractivity contribution in [1.82, 2.24) is 4.98 Å². The van der Waals surface area contributed by atoms with Crippen molar-refractivity contribution in [3.05, 3.63) is 66.4 Å². The second-order valence-corrected chi connectivity index (χ2v) is 4.06. The molecule has 0 aliphatic rings. The van der Waals surface area contributed by atoms with Crippen LogP contribution in [0, 0.1) is 0 Å². The molecule has 1 aromatic heterocycles. The minimum absolute atomic E-state index is 0.0932. The molecule has 0 saturated heterocycles. The summed E-state index contributed by atoms with van der Waals surface area (Å²) in [5.41, 5.74) is 2.49. The van der Waals surface area contributed by atoms with Crippen molar-refractivity contribution in [3.8, 4) is 0 Å². The quantitative estimate of drug-likeness (QED) is 0.703. The van der Waals surface area contributed by atoms with Crippen molar-refractivity contribution in [3.63, 3.8) is 0 Å². The van der Waals surface area contributed by atoms with Gasteiger partial charge >= 0.3 is 0 Å². The summed E-state index contributed by atoms with van der Waals surface area (Å²) in [7, 11) is 0. The number of aromatic nitrogens is 1. The van der Waals surface area contributed by atoms with Gasteiger partial charge in [-0.2, -0.15) is 0 Å². The number of hydrogen-bond donors (Lipinski definition) is 2. The van der Waals surface area contributed by atoms with Gasteiger partial charge in [-0.05, 0) is 30.3 Å². The molecule has 3 aromatic rings. The van der Waals surface area contributed by atoms with Crippen molar-refractivity contribution in [2.24, 2.45) is 0 Å². The molecule has 0 fully saturated rings. The molecule has 88 valence electrons. The summed E-state index contributed by atoms with van der Waals surface area (Å²) in [6.45, 7) is 0. The van der Waals surface area contributed by atoms with Crippen LogP contribution in [0.25, 0.3) is 10.9 Å². The lowest BCUT2D eigenvalue weighted by Gasteiger charge is -2.06. The molecule has 0 bridgehead atoms. The van der Waals surface area contributed by atoms with E-state index in [4.69, 9.17) is 0 Å². The molecule has 3 nitrogen and oxygen atoms in total. The molecule has 0 aliphatic heterocycles. The Labute approximate surface area is 104 Å². The van der Waals surface area contributed by atoms with E-state index in [1.54, 1.807) is 12.1 Å². The molecule has 0 atom stereocenters. The summed E-state index contributed by atoms with van der Waals surface area (Å²) < 4.78 is 0. The van der Waals surface area contributed by atoms with Crippen LogP contribution in [0.2, 0.25) is 0 Å². The number of benzene rings is 2. The monoisotopic (exact) mass is 236 g/mol. The van der Waals surface area contributed by atoms with Crippen LogP contribution < -0.4 is 5.32 Å². The van der Waals surface area contributed by atoms with E-state index in [0.29, 0.717) is 5.56 Å². The van der Waals surface area contributed by atoms with Gasteiger partial charge in [0.05, 0.1) is 5.69 Å². The number of rotatable bonds is 2. The van der Waals surface area contributed by atoms with Crippen molar-refractivity contribution >= 4 is 22.5 Å². The summed E-state index contributed by atoms with van der Waals surface area (Å²) >= 11 is 0. The van der Waals surface area contributed by atoms with E-state index in [-0.39, 0.29) is 5.91 Å². The Morgan fingerprint density at radius 1 is 0.944 bits per heavy atom. The molecular formula is C15H12N2O. The maximum absolute atomic E-state index is 12.1. The van der Waals surface area contributed by atoms with Crippen LogP contribution in [-0.2, 0) is 0 Å². The zero-order valence-electron chi connectivity index (χ0n) is 9.68. The highest BCUT2D eigenvalue weighted by Crippen LogP contribution is 2.22. The lowest BCUT2D eigenvalue weighted by Crippen LogP contribution is -2.11. The molecule has 0 unspecified atom stereocenters. The predicted octanol–water partition coefficient (Wildman–Crippen LogP) is 3.42. The van der Waals surface area contributed by atoms with Crippen molar-refractivity contribution in [2.75, 3.05) is 5.32 Å². The molecule has 2 aromatic carbocycles. The molecule has 3 heteroatoms. The molecule has 0 saturated carbocycles. The first-order valence-electron chi connectivity index (χ1n) is 5.77. The minimum Gasteiger partial charge on any atom is -0.361 e. The Morgan fingerprint density at radius 2 is 1.78 bits per heavy atom. The molecule has 0 aliphatic carbocycles. The lowest BCUT2D eigenvalue weighted by atomic mass is 10.2. The molecule has 0 spiro atoms. The van der Waals surface area contributed by atoms with E-state index in [2.05, 4.69) is 10.3 Å².